The molecule has 152 valence electrons. The van der Waals surface area contributed by atoms with Crippen LogP contribution in [0.3, 0.4) is 0 Å². The molecule has 2 N–H and O–H groups in total. The molecular formula is C22H31N3O3. The van der Waals surface area contributed by atoms with Crippen molar-refractivity contribution < 1.29 is 14.4 Å². The summed E-state index contributed by atoms with van der Waals surface area (Å²) < 4.78 is 0. The molecule has 6 nitrogen and oxygen atoms in total. The first kappa shape index (κ1) is 20.4. The van der Waals surface area contributed by atoms with Crippen molar-refractivity contribution in [1.82, 2.24) is 15.5 Å². The van der Waals surface area contributed by atoms with Crippen LogP contribution in [-0.2, 0) is 9.59 Å². The van der Waals surface area contributed by atoms with Gasteiger partial charge in [-0.25, -0.2) is 0 Å². The van der Waals surface area contributed by atoms with Crippen LogP contribution in [0.25, 0.3) is 0 Å². The molecular weight excluding hydrogens is 354 g/mol. The van der Waals surface area contributed by atoms with Gasteiger partial charge in [0.25, 0.3) is 5.91 Å². The fourth-order valence-electron chi connectivity index (χ4n) is 3.81. The van der Waals surface area contributed by atoms with Gasteiger partial charge >= 0.3 is 0 Å². The highest BCUT2D eigenvalue weighted by atomic mass is 16.2. The number of rotatable bonds is 7. The smallest absolute Gasteiger partial charge is 0.251 e. The molecule has 1 aliphatic carbocycles. The molecule has 0 spiro atoms. The van der Waals surface area contributed by atoms with E-state index >= 15 is 0 Å². The summed E-state index contributed by atoms with van der Waals surface area (Å²) in [5, 5.41) is 5.89. The van der Waals surface area contributed by atoms with E-state index in [1.54, 1.807) is 6.07 Å². The van der Waals surface area contributed by atoms with Crippen molar-refractivity contribution in [2.24, 2.45) is 11.8 Å². The maximum atomic E-state index is 12.8. The first-order valence-corrected chi connectivity index (χ1v) is 10.4. The molecule has 3 amide bonds. The Morgan fingerprint density at radius 2 is 1.86 bits per heavy atom. The van der Waals surface area contributed by atoms with Gasteiger partial charge in [-0.15, -0.1) is 0 Å². The van der Waals surface area contributed by atoms with E-state index in [4.69, 9.17) is 0 Å². The van der Waals surface area contributed by atoms with Crippen LogP contribution < -0.4 is 10.6 Å². The Hall–Kier alpha value is -2.37. The number of carbonyl (C=O) groups excluding carboxylic acids is 3. The first-order chi connectivity index (χ1) is 13.5. The highest BCUT2D eigenvalue weighted by molar-refractivity contribution is 5.97. The summed E-state index contributed by atoms with van der Waals surface area (Å²) in [7, 11) is 0. The van der Waals surface area contributed by atoms with Crippen LogP contribution in [0.1, 0.15) is 54.9 Å². The van der Waals surface area contributed by atoms with Crippen molar-refractivity contribution in [3.05, 3.63) is 35.4 Å². The lowest BCUT2D eigenvalue weighted by Crippen LogP contribution is -2.54. The van der Waals surface area contributed by atoms with Crippen molar-refractivity contribution in [2.75, 3.05) is 19.6 Å². The third kappa shape index (κ3) is 5.12. The zero-order valence-corrected chi connectivity index (χ0v) is 16.9. The molecule has 0 aromatic heterocycles. The average molecular weight is 386 g/mol. The summed E-state index contributed by atoms with van der Waals surface area (Å²) >= 11 is 0. The second-order valence-electron chi connectivity index (χ2n) is 8.05. The predicted octanol–water partition coefficient (Wildman–Crippen LogP) is 2.27. The largest absolute Gasteiger partial charge is 0.354 e. The molecule has 0 unspecified atom stereocenters. The zero-order valence-electron chi connectivity index (χ0n) is 16.9. The predicted molar refractivity (Wildman–Crippen MR) is 108 cm³/mol. The Bertz CT molecular complexity index is 721. The zero-order chi connectivity index (χ0) is 20.1. The molecule has 0 radical (unpaired) electrons. The fraction of sp³-hybridized carbons (Fsp3) is 0.591. The minimum atomic E-state index is -0.572. The summed E-state index contributed by atoms with van der Waals surface area (Å²) in [5.41, 5.74) is 1.57. The standard InChI is InChI=1S/C22H31N3O3/c1-3-11-23-21(27)19(24-20(26)18-6-4-5-15(2)14-18)16-9-12-25(13-10-16)22(28)17-7-8-17/h4-6,14,16-17,19H,3,7-13H2,1-2H3,(H,23,27)(H,24,26)/t19-/m0/s1. The number of benzene rings is 1. The Labute approximate surface area is 167 Å². The number of nitrogens with one attached hydrogen (secondary N) is 2. The van der Waals surface area contributed by atoms with E-state index in [2.05, 4.69) is 10.6 Å². The van der Waals surface area contributed by atoms with Crippen LogP contribution in [0.15, 0.2) is 24.3 Å². The van der Waals surface area contributed by atoms with E-state index in [0.717, 1.165) is 37.7 Å². The third-order valence-electron chi connectivity index (χ3n) is 5.65. The molecule has 1 atom stereocenters. The first-order valence-electron chi connectivity index (χ1n) is 10.4. The van der Waals surface area contributed by atoms with Gasteiger partial charge in [-0.3, -0.25) is 14.4 Å². The van der Waals surface area contributed by atoms with Gasteiger partial charge in [0.05, 0.1) is 0 Å². The van der Waals surface area contributed by atoms with Crippen LogP contribution >= 0.6 is 0 Å². The lowest BCUT2D eigenvalue weighted by molar-refractivity contribution is -0.134. The summed E-state index contributed by atoms with van der Waals surface area (Å²) in [6, 6.07) is 6.80. The van der Waals surface area contributed by atoms with Gasteiger partial charge in [-0.05, 0) is 57.1 Å². The Morgan fingerprint density at radius 1 is 1.14 bits per heavy atom. The van der Waals surface area contributed by atoms with Crippen molar-refractivity contribution in [3.8, 4) is 0 Å². The highest BCUT2D eigenvalue weighted by Crippen LogP contribution is 2.33. The molecule has 2 fully saturated rings. The molecule has 1 saturated carbocycles. The summed E-state index contributed by atoms with van der Waals surface area (Å²) in [6.07, 6.45) is 4.33. The van der Waals surface area contributed by atoms with Crippen molar-refractivity contribution in [1.29, 1.82) is 0 Å². The number of amides is 3. The number of hydrogen-bond acceptors (Lipinski definition) is 3. The van der Waals surface area contributed by atoms with Gasteiger partial charge in [0.1, 0.15) is 6.04 Å². The van der Waals surface area contributed by atoms with E-state index in [1.165, 1.54) is 0 Å². The number of hydrogen-bond donors (Lipinski definition) is 2. The molecule has 0 bridgehead atoms. The Balaban J connectivity index is 1.65. The van der Waals surface area contributed by atoms with E-state index < -0.39 is 6.04 Å². The van der Waals surface area contributed by atoms with E-state index in [1.807, 2.05) is 36.9 Å². The molecule has 2 aliphatic rings. The van der Waals surface area contributed by atoms with Crippen LogP contribution in [0.5, 0.6) is 0 Å². The normalized spacial score (nSPS) is 18.4. The summed E-state index contributed by atoms with van der Waals surface area (Å²) in [6.45, 7) is 5.86. The van der Waals surface area contributed by atoms with Crippen LogP contribution in [-0.4, -0.2) is 48.3 Å². The quantitative estimate of drug-likeness (QED) is 0.756. The molecule has 1 saturated heterocycles. The maximum Gasteiger partial charge on any atom is 0.251 e. The van der Waals surface area contributed by atoms with Crippen molar-refractivity contribution in [2.45, 2.75) is 52.0 Å². The van der Waals surface area contributed by atoms with Gasteiger partial charge in [0.15, 0.2) is 0 Å². The number of piperidine rings is 1. The monoisotopic (exact) mass is 385 g/mol. The fourth-order valence-corrected chi connectivity index (χ4v) is 3.81. The third-order valence-corrected chi connectivity index (χ3v) is 5.65. The van der Waals surface area contributed by atoms with Crippen LogP contribution in [0.2, 0.25) is 0 Å². The molecule has 1 heterocycles. The molecule has 6 heteroatoms. The summed E-state index contributed by atoms with van der Waals surface area (Å²) in [4.78, 5) is 39.7. The number of carbonyl (C=O) groups is 3. The second-order valence-corrected chi connectivity index (χ2v) is 8.05. The highest BCUT2D eigenvalue weighted by Gasteiger charge is 2.38. The number of nitrogens with zero attached hydrogens (tertiary/aromatic N) is 1. The second kappa shape index (κ2) is 9.22. The van der Waals surface area contributed by atoms with Gasteiger partial charge in [0, 0.05) is 31.1 Å². The minimum Gasteiger partial charge on any atom is -0.354 e. The number of likely N-dealkylation sites (tertiary alicyclic amines) is 1. The maximum absolute atomic E-state index is 12.8. The lowest BCUT2D eigenvalue weighted by atomic mass is 9.88. The van der Waals surface area contributed by atoms with Gasteiger partial charge in [0.2, 0.25) is 11.8 Å². The van der Waals surface area contributed by atoms with Crippen molar-refractivity contribution in [3.63, 3.8) is 0 Å². The molecule has 1 aromatic rings. The molecule has 3 rings (SSSR count). The molecule has 1 aliphatic heterocycles. The summed E-state index contributed by atoms with van der Waals surface area (Å²) in [5.74, 6) is 0.163. The minimum absolute atomic E-state index is 0.0360. The van der Waals surface area contributed by atoms with Gasteiger partial charge in [-0.1, -0.05) is 24.6 Å². The topological polar surface area (TPSA) is 78.5 Å². The molecule has 1 aromatic carbocycles. The van der Waals surface area contributed by atoms with Gasteiger partial charge < -0.3 is 15.5 Å². The molecule has 28 heavy (non-hydrogen) atoms. The lowest BCUT2D eigenvalue weighted by Gasteiger charge is -2.36. The average Bonchev–Trinajstić information content (AvgIpc) is 3.55. The van der Waals surface area contributed by atoms with Crippen molar-refractivity contribution >= 4 is 17.7 Å². The van der Waals surface area contributed by atoms with E-state index in [0.29, 0.717) is 25.2 Å². The van der Waals surface area contributed by atoms with Gasteiger partial charge in [-0.2, -0.15) is 0 Å². The van der Waals surface area contributed by atoms with E-state index in [-0.39, 0.29) is 29.6 Å². The SMILES string of the molecule is CCCNC(=O)[C@@H](NC(=O)c1cccc(C)c1)C1CCN(C(=O)C2CC2)CC1. The Morgan fingerprint density at radius 3 is 2.46 bits per heavy atom. The van der Waals surface area contributed by atoms with E-state index in [9.17, 15) is 14.4 Å². The van der Waals surface area contributed by atoms with Crippen LogP contribution in [0, 0.1) is 18.8 Å². The number of aryl methyl sites for hydroxylation is 1. The van der Waals surface area contributed by atoms with Crippen LogP contribution in [0.4, 0.5) is 0 Å². The Kier molecular flexibility index (Phi) is 6.70.